The molecule has 6 rings (SSSR count). The minimum Gasteiger partial charge on any atom is -0.495 e. The lowest BCUT2D eigenvalue weighted by Gasteiger charge is -2.22. The number of halogens is 4. The highest BCUT2D eigenvalue weighted by molar-refractivity contribution is 7.21. The van der Waals surface area contributed by atoms with Crippen LogP contribution in [0.15, 0.2) is 47.4 Å². The molecule has 1 aromatic carbocycles. The van der Waals surface area contributed by atoms with Gasteiger partial charge in [-0.05, 0) is 36.5 Å². The molecule has 0 saturated heterocycles. The molecule has 43 heavy (non-hydrogen) atoms. The van der Waals surface area contributed by atoms with Crippen LogP contribution in [-0.4, -0.2) is 63.9 Å². The lowest BCUT2D eigenvalue weighted by Crippen LogP contribution is -2.21. The molecule has 1 atom stereocenters. The van der Waals surface area contributed by atoms with Crippen molar-refractivity contribution in [2.24, 2.45) is 10.9 Å². The monoisotopic (exact) mass is 611 g/mol. The smallest absolute Gasteiger partial charge is 0.333 e. The first kappa shape index (κ1) is 29.8. The van der Waals surface area contributed by atoms with Gasteiger partial charge in [0.1, 0.15) is 17.5 Å². The van der Waals surface area contributed by atoms with Gasteiger partial charge in [0.15, 0.2) is 21.9 Å². The zero-order chi connectivity index (χ0) is 30.5. The Bertz CT molecular complexity index is 1750. The summed E-state index contributed by atoms with van der Waals surface area (Å²) in [6.07, 6.45) is 4.31. The van der Waals surface area contributed by atoms with Gasteiger partial charge in [0, 0.05) is 42.3 Å². The maximum Gasteiger partial charge on any atom is 0.333 e. The van der Waals surface area contributed by atoms with Crippen LogP contribution in [0.3, 0.4) is 0 Å². The number of aldehydes is 1. The van der Waals surface area contributed by atoms with E-state index >= 15 is 0 Å². The average Bonchev–Trinajstić information content (AvgIpc) is 3.54. The molecular formula is C29H25F4N7O2S. The number of fused-ring (bicyclic) bond motifs is 1. The molecule has 4 heterocycles. The van der Waals surface area contributed by atoms with E-state index in [2.05, 4.69) is 42.2 Å². The summed E-state index contributed by atoms with van der Waals surface area (Å²) in [7, 11) is 3.21. The molecule has 14 heteroatoms. The van der Waals surface area contributed by atoms with Gasteiger partial charge in [-0.15, -0.1) is 0 Å². The van der Waals surface area contributed by atoms with E-state index in [9.17, 15) is 22.4 Å². The summed E-state index contributed by atoms with van der Waals surface area (Å²) in [5.74, 6) is 7.09. The second kappa shape index (κ2) is 13.1. The number of anilines is 1. The van der Waals surface area contributed by atoms with Gasteiger partial charge in [-0.1, -0.05) is 29.4 Å². The van der Waals surface area contributed by atoms with Crippen LogP contribution in [0.4, 0.5) is 22.7 Å². The van der Waals surface area contributed by atoms with Crippen molar-refractivity contribution in [1.29, 1.82) is 0 Å². The fourth-order valence-corrected chi connectivity index (χ4v) is 4.90. The predicted molar refractivity (Wildman–Crippen MR) is 155 cm³/mol. The van der Waals surface area contributed by atoms with Crippen molar-refractivity contribution >= 4 is 45.0 Å². The number of aromatic nitrogens is 5. The lowest BCUT2D eigenvalue weighted by atomic mass is 9.90. The predicted octanol–water partition coefficient (Wildman–Crippen LogP) is 6.11. The number of carbonyl (C=O) groups is 1. The maximum absolute atomic E-state index is 13.1. The Balaban J connectivity index is 0.000000194. The van der Waals surface area contributed by atoms with Gasteiger partial charge >= 0.3 is 6.55 Å². The highest BCUT2D eigenvalue weighted by Crippen LogP contribution is 2.34. The second-order valence-corrected chi connectivity index (χ2v) is 10.5. The fraction of sp³-hybridized carbons (Fsp3) is 0.310. The molecule has 1 fully saturated rings. The number of dihydropyridines is 1. The van der Waals surface area contributed by atoms with E-state index in [1.807, 2.05) is 7.05 Å². The SMILES string of the molecule is CNc1nc2ncc(C#CC3CC3)nc2s1.COC1=C(c2cc(-c3ccn(C(F)F)n3)ccc2C=O)CC(C(F)F)N=C1. The second-order valence-electron chi connectivity index (χ2n) is 9.51. The third-order valence-electron chi connectivity index (χ3n) is 6.53. The number of aliphatic imine (C=N–C) groups is 1. The van der Waals surface area contributed by atoms with E-state index in [-0.39, 0.29) is 23.4 Å². The summed E-state index contributed by atoms with van der Waals surface area (Å²) in [6.45, 7) is -2.78. The Morgan fingerprint density at radius 3 is 2.65 bits per heavy atom. The summed E-state index contributed by atoms with van der Waals surface area (Å²) in [6, 6.07) is 4.75. The van der Waals surface area contributed by atoms with E-state index in [1.165, 1.54) is 49.6 Å². The number of hydrogen-bond donors (Lipinski definition) is 1. The normalized spacial score (nSPS) is 16.1. The van der Waals surface area contributed by atoms with Gasteiger partial charge in [-0.25, -0.2) is 23.4 Å². The molecule has 1 aliphatic heterocycles. The van der Waals surface area contributed by atoms with Crippen LogP contribution in [0.2, 0.25) is 0 Å². The van der Waals surface area contributed by atoms with E-state index in [4.69, 9.17) is 4.74 Å². The zero-order valence-corrected chi connectivity index (χ0v) is 23.8. The molecule has 2 aliphatic rings. The maximum atomic E-state index is 13.1. The Morgan fingerprint density at radius 2 is 2.00 bits per heavy atom. The third-order valence-corrected chi connectivity index (χ3v) is 7.49. The number of thiazole rings is 1. The molecular weight excluding hydrogens is 586 g/mol. The Labute approximate surface area is 247 Å². The molecule has 3 aromatic heterocycles. The van der Waals surface area contributed by atoms with Crippen LogP contribution >= 0.6 is 11.3 Å². The first-order valence-corrected chi connectivity index (χ1v) is 14.0. The highest BCUT2D eigenvalue weighted by atomic mass is 32.1. The molecule has 9 nitrogen and oxygen atoms in total. The average molecular weight is 612 g/mol. The van der Waals surface area contributed by atoms with E-state index in [1.54, 1.807) is 18.3 Å². The minimum absolute atomic E-state index is 0.118. The quantitative estimate of drug-likeness (QED) is 0.153. The van der Waals surface area contributed by atoms with Gasteiger partial charge in [0.25, 0.3) is 6.43 Å². The summed E-state index contributed by atoms with van der Waals surface area (Å²) in [5.41, 5.74) is 3.20. The van der Waals surface area contributed by atoms with Gasteiger partial charge in [0.05, 0.1) is 25.2 Å². The van der Waals surface area contributed by atoms with Crippen molar-refractivity contribution < 1.29 is 27.1 Å². The van der Waals surface area contributed by atoms with Crippen molar-refractivity contribution in [2.75, 3.05) is 19.5 Å². The van der Waals surface area contributed by atoms with Crippen LogP contribution in [0, 0.1) is 17.8 Å². The standard InChI is InChI=1S/C18H15F4N3O2.C11H10N4S/c1-27-16-8-23-15(17(19)20)7-13(16)12-6-10(2-3-11(12)9-26)14-4-5-25(24-14)18(21)22;1-12-11-15-9-10(16-11)14-8(6-13-9)5-4-7-2-3-7/h2-6,8-9,15,17-18H,7H2,1H3;6-7H,2-3H2,1H3,(H,12,13,15). The van der Waals surface area contributed by atoms with Gasteiger partial charge in [-0.2, -0.15) is 18.9 Å². The van der Waals surface area contributed by atoms with E-state index in [0.717, 1.165) is 21.9 Å². The number of nitrogens with one attached hydrogen (secondary N) is 1. The molecule has 1 unspecified atom stereocenters. The highest BCUT2D eigenvalue weighted by Gasteiger charge is 2.28. The van der Waals surface area contributed by atoms with Crippen LogP contribution < -0.4 is 5.32 Å². The van der Waals surface area contributed by atoms with Crippen LogP contribution in [-0.2, 0) is 4.74 Å². The molecule has 1 N–H and O–H groups in total. The molecule has 0 radical (unpaired) electrons. The number of benzene rings is 1. The Hall–Kier alpha value is -4.64. The van der Waals surface area contributed by atoms with Crippen LogP contribution in [0.5, 0.6) is 0 Å². The topological polar surface area (TPSA) is 107 Å². The third kappa shape index (κ3) is 7.06. The zero-order valence-electron chi connectivity index (χ0n) is 23.0. The molecule has 4 aromatic rings. The number of rotatable bonds is 7. The molecule has 0 amide bonds. The largest absolute Gasteiger partial charge is 0.495 e. The number of carbonyl (C=O) groups excluding carboxylic acids is 1. The van der Waals surface area contributed by atoms with E-state index < -0.39 is 19.0 Å². The van der Waals surface area contributed by atoms with Crippen molar-refractivity contribution in [3.05, 3.63) is 59.2 Å². The van der Waals surface area contributed by atoms with Gasteiger partial charge < -0.3 is 10.1 Å². The number of allylic oxidation sites excluding steroid dienone is 1. The first-order valence-electron chi connectivity index (χ1n) is 13.1. The molecule has 0 bridgehead atoms. The van der Waals surface area contributed by atoms with Crippen molar-refractivity contribution in [3.8, 4) is 23.1 Å². The summed E-state index contributed by atoms with van der Waals surface area (Å²) < 4.78 is 57.4. The lowest BCUT2D eigenvalue weighted by molar-refractivity contribution is 0.0568. The van der Waals surface area contributed by atoms with Gasteiger partial charge in [-0.3, -0.25) is 9.79 Å². The summed E-state index contributed by atoms with van der Waals surface area (Å²) in [4.78, 5) is 29.0. The summed E-state index contributed by atoms with van der Waals surface area (Å²) in [5, 5.41) is 7.61. The number of methoxy groups -OCH3 is 1. The van der Waals surface area contributed by atoms with E-state index in [0.29, 0.717) is 39.2 Å². The number of hydrogen-bond acceptors (Lipinski definition) is 9. The van der Waals surface area contributed by atoms with Crippen LogP contribution in [0.1, 0.15) is 47.4 Å². The first-order chi connectivity index (χ1) is 20.8. The molecule has 222 valence electrons. The minimum atomic E-state index is -2.78. The van der Waals surface area contributed by atoms with Crippen molar-refractivity contribution in [1.82, 2.24) is 24.7 Å². The Kier molecular flexibility index (Phi) is 9.10. The van der Waals surface area contributed by atoms with Crippen molar-refractivity contribution in [3.63, 3.8) is 0 Å². The molecule has 1 saturated carbocycles. The Morgan fingerprint density at radius 1 is 1.19 bits per heavy atom. The molecule has 0 spiro atoms. The molecule has 1 aliphatic carbocycles. The number of alkyl halides is 4. The fourth-order valence-electron chi connectivity index (χ4n) is 4.15. The van der Waals surface area contributed by atoms with Crippen LogP contribution in [0.25, 0.3) is 27.3 Å². The summed E-state index contributed by atoms with van der Waals surface area (Å²) >= 11 is 1.50. The van der Waals surface area contributed by atoms with Crippen molar-refractivity contribution in [2.45, 2.75) is 38.3 Å². The number of nitrogens with zero attached hydrogens (tertiary/aromatic N) is 6. The number of ether oxygens (including phenoxy) is 1. The van der Waals surface area contributed by atoms with Gasteiger partial charge in [0.2, 0.25) is 0 Å².